The van der Waals surface area contributed by atoms with Gasteiger partial charge in [-0.25, -0.2) is 0 Å². The molecule has 1 fully saturated rings. The van der Waals surface area contributed by atoms with Crippen molar-refractivity contribution < 1.29 is 22.7 Å². The monoisotopic (exact) mass is 463 g/mol. The molecule has 0 radical (unpaired) electrons. The molecule has 1 aliphatic heterocycles. The van der Waals surface area contributed by atoms with Crippen LogP contribution in [-0.2, 0) is 29.5 Å². The maximum absolute atomic E-state index is 12.9. The number of carbonyl (C=O) groups excluding carboxylic acids is 1. The summed E-state index contributed by atoms with van der Waals surface area (Å²) < 4.78 is 42.5. The molecule has 0 bridgehead atoms. The quantitative estimate of drug-likeness (QED) is 0.626. The maximum Gasteiger partial charge on any atom is 0.522 e. The van der Waals surface area contributed by atoms with Crippen molar-refractivity contribution in [2.75, 3.05) is 19.7 Å². The Balaban J connectivity index is 1.62. The number of amides is 1. The summed E-state index contributed by atoms with van der Waals surface area (Å²) in [6.07, 6.45) is 0.885. The van der Waals surface area contributed by atoms with Crippen LogP contribution in [0.1, 0.15) is 60.0 Å². The van der Waals surface area contributed by atoms with Gasteiger partial charge in [-0.1, -0.05) is 44.0 Å². The van der Waals surface area contributed by atoms with Gasteiger partial charge in [0.1, 0.15) is 11.5 Å². The highest BCUT2D eigenvalue weighted by Crippen LogP contribution is 2.43. The Bertz CT molecular complexity index is 1070. The third-order valence-electron chi connectivity index (χ3n) is 6.83. The lowest BCUT2D eigenvalue weighted by Crippen LogP contribution is -2.45. The Morgan fingerprint density at radius 2 is 1.88 bits per heavy atom. The second-order valence-electron chi connectivity index (χ2n) is 8.85. The average Bonchev–Trinajstić information content (AvgIpc) is 3.24. The Morgan fingerprint density at radius 1 is 1.12 bits per heavy atom. The van der Waals surface area contributed by atoms with Crippen LogP contribution in [0.15, 0.2) is 35.1 Å². The molecule has 1 amide bonds. The molecule has 0 spiro atoms. The van der Waals surface area contributed by atoms with Gasteiger partial charge in [-0.2, -0.15) is 4.98 Å². The third kappa shape index (κ3) is 5.13. The molecule has 2 aliphatic rings. The standard InChI is InChI=1S/C24H28F3N3O3/c1-2-17-6-5-7-18(14-17)23(8-3-4-9-23)16-20-28-21(31)15-19-22(32)29(10-11-30(19)20)12-13-33-24(25,26)27/h5-7,14-15H,2-4,8-13,16H2,1H3. The number of hydrogen-bond acceptors (Lipinski definition) is 4. The maximum atomic E-state index is 12.9. The first-order chi connectivity index (χ1) is 15.7. The van der Waals surface area contributed by atoms with Crippen LogP contribution in [0.2, 0.25) is 0 Å². The molecule has 33 heavy (non-hydrogen) atoms. The van der Waals surface area contributed by atoms with Crippen LogP contribution in [0.3, 0.4) is 0 Å². The van der Waals surface area contributed by atoms with E-state index < -0.39 is 24.4 Å². The average molecular weight is 464 g/mol. The summed E-state index contributed by atoms with van der Waals surface area (Å²) in [6.45, 7) is 1.89. The summed E-state index contributed by atoms with van der Waals surface area (Å²) in [6, 6.07) is 9.72. The smallest absolute Gasteiger partial charge is 0.333 e. The lowest BCUT2D eigenvalue weighted by molar-refractivity contribution is -0.324. The lowest BCUT2D eigenvalue weighted by atomic mass is 9.75. The highest BCUT2D eigenvalue weighted by molar-refractivity contribution is 5.93. The van der Waals surface area contributed by atoms with Crippen LogP contribution in [-0.4, -0.2) is 46.4 Å². The second kappa shape index (κ2) is 9.29. The summed E-state index contributed by atoms with van der Waals surface area (Å²) in [7, 11) is 0. The van der Waals surface area contributed by atoms with E-state index in [2.05, 4.69) is 40.9 Å². The van der Waals surface area contributed by atoms with E-state index in [0.29, 0.717) is 18.8 Å². The number of halogens is 3. The van der Waals surface area contributed by atoms with E-state index in [1.54, 1.807) is 4.57 Å². The molecule has 0 N–H and O–H groups in total. The number of rotatable bonds is 7. The van der Waals surface area contributed by atoms with Gasteiger partial charge in [-0.15, -0.1) is 13.2 Å². The number of alkyl halides is 3. The molecular formula is C24H28F3N3O3. The van der Waals surface area contributed by atoms with Crippen LogP contribution >= 0.6 is 0 Å². The summed E-state index contributed by atoms with van der Waals surface area (Å²) >= 11 is 0. The van der Waals surface area contributed by atoms with Crippen molar-refractivity contribution in [3.63, 3.8) is 0 Å². The number of hydrogen-bond donors (Lipinski definition) is 0. The van der Waals surface area contributed by atoms with E-state index in [1.165, 1.54) is 22.1 Å². The lowest BCUT2D eigenvalue weighted by Gasteiger charge is -2.34. The zero-order chi connectivity index (χ0) is 23.6. The molecule has 1 aliphatic carbocycles. The summed E-state index contributed by atoms with van der Waals surface area (Å²) in [4.78, 5) is 30.9. The van der Waals surface area contributed by atoms with E-state index in [1.807, 2.05) is 0 Å². The first-order valence-corrected chi connectivity index (χ1v) is 11.4. The SMILES string of the molecule is CCc1cccc(C2(Cc3nc(=O)cc4n3CCN(CCOC(F)(F)F)C4=O)CCCC2)c1. The van der Waals surface area contributed by atoms with Crippen LogP contribution < -0.4 is 5.56 Å². The molecule has 1 aromatic heterocycles. The van der Waals surface area contributed by atoms with Gasteiger partial charge in [0.15, 0.2) is 0 Å². The molecule has 0 atom stereocenters. The van der Waals surface area contributed by atoms with Crippen LogP contribution in [0.25, 0.3) is 0 Å². The minimum Gasteiger partial charge on any atom is -0.333 e. The summed E-state index contributed by atoms with van der Waals surface area (Å²) in [5, 5.41) is 0. The molecule has 178 valence electrons. The first kappa shape index (κ1) is 23.5. The molecule has 2 heterocycles. The number of fused-ring (bicyclic) bond motifs is 1. The van der Waals surface area contributed by atoms with Crippen LogP contribution in [0.5, 0.6) is 0 Å². The van der Waals surface area contributed by atoms with Crippen molar-refractivity contribution in [2.24, 2.45) is 0 Å². The third-order valence-corrected chi connectivity index (χ3v) is 6.83. The van der Waals surface area contributed by atoms with Crippen molar-refractivity contribution in [3.05, 3.63) is 63.3 Å². The number of benzene rings is 1. The van der Waals surface area contributed by atoms with Gasteiger partial charge in [-0.05, 0) is 30.4 Å². The van der Waals surface area contributed by atoms with Crippen molar-refractivity contribution in [2.45, 2.75) is 63.8 Å². The highest BCUT2D eigenvalue weighted by atomic mass is 19.4. The second-order valence-corrected chi connectivity index (χ2v) is 8.85. The molecule has 1 aromatic carbocycles. The molecule has 1 saturated carbocycles. The van der Waals surface area contributed by atoms with Crippen LogP contribution in [0.4, 0.5) is 13.2 Å². The van der Waals surface area contributed by atoms with Crippen molar-refractivity contribution in [1.29, 1.82) is 0 Å². The molecule has 9 heteroatoms. The van der Waals surface area contributed by atoms with Gasteiger partial charge < -0.3 is 9.47 Å². The van der Waals surface area contributed by atoms with Crippen LogP contribution in [0, 0.1) is 0 Å². The zero-order valence-corrected chi connectivity index (χ0v) is 18.7. The van der Waals surface area contributed by atoms with E-state index >= 15 is 0 Å². The Morgan fingerprint density at radius 3 is 2.58 bits per heavy atom. The topological polar surface area (TPSA) is 64.4 Å². The van der Waals surface area contributed by atoms with E-state index in [4.69, 9.17) is 0 Å². The van der Waals surface area contributed by atoms with Gasteiger partial charge in [0.05, 0.1) is 6.61 Å². The van der Waals surface area contributed by atoms with Crippen molar-refractivity contribution in [1.82, 2.24) is 14.5 Å². The predicted molar refractivity (Wildman–Crippen MR) is 116 cm³/mol. The fourth-order valence-corrected chi connectivity index (χ4v) is 5.13. The Labute approximate surface area is 190 Å². The van der Waals surface area contributed by atoms with Gasteiger partial charge >= 0.3 is 6.36 Å². The number of ether oxygens (including phenoxy) is 1. The molecule has 0 unspecified atom stereocenters. The van der Waals surface area contributed by atoms with Gasteiger partial charge in [0, 0.05) is 37.5 Å². The van der Waals surface area contributed by atoms with Gasteiger partial charge in [-0.3, -0.25) is 14.3 Å². The largest absolute Gasteiger partial charge is 0.522 e. The molecular weight excluding hydrogens is 435 g/mol. The fourth-order valence-electron chi connectivity index (χ4n) is 5.13. The Kier molecular flexibility index (Phi) is 6.61. The van der Waals surface area contributed by atoms with Gasteiger partial charge in [0.25, 0.3) is 11.5 Å². The minimum absolute atomic E-state index is 0.145. The summed E-state index contributed by atoms with van der Waals surface area (Å²) in [5.41, 5.74) is 2.02. The number of aromatic nitrogens is 2. The zero-order valence-electron chi connectivity index (χ0n) is 18.7. The molecule has 6 nitrogen and oxygen atoms in total. The van der Waals surface area contributed by atoms with E-state index in [0.717, 1.165) is 32.1 Å². The number of aryl methyl sites for hydroxylation is 1. The molecule has 0 saturated heterocycles. The highest BCUT2D eigenvalue weighted by Gasteiger charge is 2.38. The Hall–Kier alpha value is -2.68. The predicted octanol–water partition coefficient (Wildman–Crippen LogP) is 3.85. The normalized spacial score (nSPS) is 17.9. The number of carbonyl (C=O) groups is 1. The van der Waals surface area contributed by atoms with E-state index in [-0.39, 0.29) is 24.2 Å². The van der Waals surface area contributed by atoms with Gasteiger partial charge in [0.2, 0.25) is 0 Å². The number of nitrogens with zero attached hydrogens (tertiary/aromatic N) is 3. The molecule has 2 aromatic rings. The van der Waals surface area contributed by atoms with E-state index in [9.17, 15) is 22.8 Å². The summed E-state index contributed by atoms with van der Waals surface area (Å²) in [5.74, 6) is 0.0991. The van der Waals surface area contributed by atoms with Crippen molar-refractivity contribution in [3.8, 4) is 0 Å². The fraction of sp³-hybridized carbons (Fsp3) is 0.542. The van der Waals surface area contributed by atoms with Crippen molar-refractivity contribution >= 4 is 5.91 Å². The first-order valence-electron chi connectivity index (χ1n) is 11.4. The molecule has 4 rings (SSSR count). The minimum atomic E-state index is -4.74.